The number of benzene rings is 2. The van der Waals surface area contributed by atoms with E-state index in [1.54, 1.807) is 31.2 Å². The summed E-state index contributed by atoms with van der Waals surface area (Å²) in [6, 6.07) is 15.8. The Hall–Kier alpha value is -3.32. The van der Waals surface area contributed by atoms with Gasteiger partial charge in [0.05, 0.1) is 20.3 Å². The molecule has 1 atom stereocenters. The molecule has 1 saturated heterocycles. The third kappa shape index (κ3) is 4.78. The minimum Gasteiger partial charge on any atom is -0.497 e. The number of aryl methyl sites for hydroxylation is 1. The Bertz CT molecular complexity index is 1060. The standard InChI is InChI=1S/C25H30N4O3/c1-18-6-11-24(32-3)22(16-18)29-15-12-21(27-29)25(30)26-17-23(28-13-4-5-14-28)19-7-9-20(31-2)10-8-19/h6-12,15-16,23H,4-5,13-14,17H2,1-3H3,(H,26,30). The fraction of sp³-hybridized carbons (Fsp3) is 0.360. The number of carbonyl (C=O) groups is 1. The van der Waals surface area contributed by atoms with Crippen LogP contribution in [0.1, 0.15) is 40.5 Å². The highest BCUT2D eigenvalue weighted by Crippen LogP contribution is 2.27. The molecular formula is C25H30N4O3. The molecule has 0 aliphatic carbocycles. The summed E-state index contributed by atoms with van der Waals surface area (Å²) in [5.74, 6) is 1.35. The molecule has 2 heterocycles. The Balaban J connectivity index is 1.48. The molecule has 0 spiro atoms. The first-order chi connectivity index (χ1) is 15.6. The maximum absolute atomic E-state index is 12.9. The maximum atomic E-state index is 12.9. The van der Waals surface area contributed by atoms with Crippen LogP contribution in [-0.2, 0) is 0 Å². The van der Waals surface area contributed by atoms with Crippen molar-refractivity contribution in [1.29, 1.82) is 0 Å². The first-order valence-corrected chi connectivity index (χ1v) is 11.0. The largest absolute Gasteiger partial charge is 0.497 e. The predicted octanol–water partition coefficient (Wildman–Crippen LogP) is 3.76. The molecule has 1 aliphatic rings. The normalized spacial score (nSPS) is 14.8. The minimum atomic E-state index is -0.187. The molecule has 1 N–H and O–H groups in total. The average Bonchev–Trinajstić information content (AvgIpc) is 3.52. The van der Waals surface area contributed by atoms with Crippen LogP contribution in [0, 0.1) is 6.92 Å². The van der Waals surface area contributed by atoms with Crippen molar-refractivity contribution in [2.24, 2.45) is 0 Å². The van der Waals surface area contributed by atoms with E-state index in [2.05, 4.69) is 27.4 Å². The van der Waals surface area contributed by atoms with Crippen LogP contribution in [-0.4, -0.2) is 54.4 Å². The van der Waals surface area contributed by atoms with Gasteiger partial charge in [-0.05, 0) is 74.3 Å². The summed E-state index contributed by atoms with van der Waals surface area (Å²) in [6.45, 7) is 4.60. The van der Waals surface area contributed by atoms with Gasteiger partial charge in [-0.2, -0.15) is 5.10 Å². The minimum absolute atomic E-state index is 0.117. The molecule has 1 amide bonds. The van der Waals surface area contributed by atoms with Crippen LogP contribution in [0.5, 0.6) is 11.5 Å². The van der Waals surface area contributed by atoms with E-state index in [4.69, 9.17) is 9.47 Å². The molecule has 1 aliphatic heterocycles. The molecule has 1 fully saturated rings. The van der Waals surface area contributed by atoms with Gasteiger partial charge in [0.2, 0.25) is 0 Å². The van der Waals surface area contributed by atoms with E-state index in [-0.39, 0.29) is 11.9 Å². The zero-order valence-corrected chi connectivity index (χ0v) is 18.9. The van der Waals surface area contributed by atoms with Crippen molar-refractivity contribution < 1.29 is 14.3 Å². The van der Waals surface area contributed by atoms with Crippen molar-refractivity contribution in [2.75, 3.05) is 33.9 Å². The van der Waals surface area contributed by atoms with Crippen LogP contribution < -0.4 is 14.8 Å². The van der Waals surface area contributed by atoms with Gasteiger partial charge in [0.25, 0.3) is 5.91 Å². The lowest BCUT2D eigenvalue weighted by atomic mass is 10.1. The smallest absolute Gasteiger partial charge is 0.271 e. The van der Waals surface area contributed by atoms with E-state index in [0.29, 0.717) is 18.0 Å². The molecule has 1 aromatic heterocycles. The van der Waals surface area contributed by atoms with Crippen molar-refractivity contribution in [3.63, 3.8) is 0 Å². The lowest BCUT2D eigenvalue weighted by Crippen LogP contribution is -2.37. The van der Waals surface area contributed by atoms with Gasteiger partial charge < -0.3 is 14.8 Å². The zero-order valence-electron chi connectivity index (χ0n) is 18.9. The Morgan fingerprint density at radius 1 is 1.06 bits per heavy atom. The van der Waals surface area contributed by atoms with E-state index < -0.39 is 0 Å². The van der Waals surface area contributed by atoms with Gasteiger partial charge in [-0.15, -0.1) is 0 Å². The number of nitrogens with zero attached hydrogens (tertiary/aromatic N) is 3. The summed E-state index contributed by atoms with van der Waals surface area (Å²) in [4.78, 5) is 15.3. The van der Waals surface area contributed by atoms with E-state index in [1.165, 1.54) is 18.4 Å². The molecule has 7 heteroatoms. The van der Waals surface area contributed by atoms with Crippen molar-refractivity contribution in [2.45, 2.75) is 25.8 Å². The molecule has 0 saturated carbocycles. The molecule has 0 radical (unpaired) electrons. The molecule has 3 aromatic rings. The number of likely N-dealkylation sites (tertiary alicyclic amines) is 1. The summed E-state index contributed by atoms with van der Waals surface area (Å²) in [6.07, 6.45) is 4.15. The third-order valence-electron chi connectivity index (χ3n) is 5.94. The summed E-state index contributed by atoms with van der Waals surface area (Å²) in [5, 5.41) is 7.58. The number of nitrogens with one attached hydrogen (secondary N) is 1. The fourth-order valence-electron chi connectivity index (χ4n) is 4.18. The van der Waals surface area contributed by atoms with E-state index in [1.807, 2.05) is 37.3 Å². The third-order valence-corrected chi connectivity index (χ3v) is 5.94. The molecular weight excluding hydrogens is 404 g/mol. The lowest BCUT2D eigenvalue weighted by Gasteiger charge is -2.28. The monoisotopic (exact) mass is 434 g/mol. The van der Waals surface area contributed by atoms with E-state index >= 15 is 0 Å². The number of methoxy groups -OCH3 is 2. The van der Waals surface area contributed by atoms with Crippen LogP contribution in [0.2, 0.25) is 0 Å². The molecule has 7 nitrogen and oxygen atoms in total. The number of ether oxygens (including phenoxy) is 2. The number of amides is 1. The lowest BCUT2D eigenvalue weighted by molar-refractivity contribution is 0.0932. The van der Waals surface area contributed by atoms with E-state index in [9.17, 15) is 4.79 Å². The molecule has 168 valence electrons. The zero-order chi connectivity index (χ0) is 22.5. The predicted molar refractivity (Wildman–Crippen MR) is 124 cm³/mol. The van der Waals surface area contributed by atoms with Gasteiger partial charge in [0.1, 0.15) is 17.2 Å². The quantitative estimate of drug-likeness (QED) is 0.585. The summed E-state index contributed by atoms with van der Waals surface area (Å²) >= 11 is 0. The highest BCUT2D eigenvalue weighted by molar-refractivity contribution is 5.92. The van der Waals surface area contributed by atoms with Crippen molar-refractivity contribution in [3.8, 4) is 17.2 Å². The second-order valence-electron chi connectivity index (χ2n) is 8.06. The second-order valence-corrected chi connectivity index (χ2v) is 8.06. The van der Waals surface area contributed by atoms with Gasteiger partial charge >= 0.3 is 0 Å². The van der Waals surface area contributed by atoms with E-state index in [0.717, 1.165) is 30.1 Å². The molecule has 32 heavy (non-hydrogen) atoms. The van der Waals surface area contributed by atoms with Gasteiger partial charge in [-0.25, -0.2) is 4.68 Å². The fourth-order valence-corrected chi connectivity index (χ4v) is 4.18. The van der Waals surface area contributed by atoms with Crippen molar-refractivity contribution in [1.82, 2.24) is 20.0 Å². The highest BCUT2D eigenvalue weighted by Gasteiger charge is 2.24. The number of aromatic nitrogens is 2. The Morgan fingerprint density at radius 3 is 2.50 bits per heavy atom. The van der Waals surface area contributed by atoms with Gasteiger partial charge in [0.15, 0.2) is 5.69 Å². The summed E-state index contributed by atoms with van der Waals surface area (Å²) in [7, 11) is 3.29. The maximum Gasteiger partial charge on any atom is 0.271 e. The molecule has 4 rings (SSSR count). The second kappa shape index (κ2) is 9.87. The van der Waals surface area contributed by atoms with Crippen molar-refractivity contribution >= 4 is 5.91 Å². The molecule has 0 bridgehead atoms. The topological polar surface area (TPSA) is 68.6 Å². The van der Waals surface area contributed by atoms with Crippen LogP contribution in [0.3, 0.4) is 0 Å². The van der Waals surface area contributed by atoms with Gasteiger partial charge in [-0.1, -0.05) is 18.2 Å². The van der Waals surface area contributed by atoms with Gasteiger partial charge in [-0.3, -0.25) is 9.69 Å². The molecule has 1 unspecified atom stereocenters. The van der Waals surface area contributed by atoms with Crippen LogP contribution >= 0.6 is 0 Å². The molecule has 2 aromatic carbocycles. The summed E-state index contributed by atoms with van der Waals surface area (Å²) < 4.78 is 12.4. The number of hydrogen-bond donors (Lipinski definition) is 1. The van der Waals surface area contributed by atoms with Gasteiger partial charge in [0, 0.05) is 12.7 Å². The van der Waals surface area contributed by atoms with Crippen molar-refractivity contribution in [3.05, 3.63) is 71.5 Å². The number of carbonyl (C=O) groups excluding carboxylic acids is 1. The Kier molecular flexibility index (Phi) is 6.75. The van der Waals surface area contributed by atoms with Crippen LogP contribution in [0.15, 0.2) is 54.7 Å². The Morgan fingerprint density at radius 2 is 1.81 bits per heavy atom. The highest BCUT2D eigenvalue weighted by atomic mass is 16.5. The SMILES string of the molecule is COc1ccc(C(CNC(=O)c2ccn(-c3cc(C)ccc3OC)n2)N2CCCC2)cc1. The van der Waals surface area contributed by atoms with Crippen LogP contribution in [0.4, 0.5) is 0 Å². The summed E-state index contributed by atoms with van der Waals surface area (Å²) in [5.41, 5.74) is 3.45. The first kappa shape index (κ1) is 21.9. The Labute approximate surface area is 188 Å². The number of hydrogen-bond acceptors (Lipinski definition) is 5. The van der Waals surface area contributed by atoms with Crippen LogP contribution in [0.25, 0.3) is 5.69 Å². The average molecular weight is 435 g/mol. The number of rotatable bonds is 8. The first-order valence-electron chi connectivity index (χ1n) is 11.0.